The van der Waals surface area contributed by atoms with Gasteiger partial charge in [-0.1, -0.05) is 60.7 Å². The SMILES string of the molecule is CC(=O)c1c2nc(c(-c3ccccc3)c3ccc([nH]3)c(C=O)c3nc(c(-c4ccccc4)c4ccc1[nH]4)C=C3)C=C2. The number of nitrogens with one attached hydrogen (secondary N) is 2. The summed E-state index contributed by atoms with van der Waals surface area (Å²) in [6.45, 7) is 1.56. The molecule has 0 amide bonds. The summed E-state index contributed by atoms with van der Waals surface area (Å²) in [7, 11) is 0. The predicted octanol–water partition coefficient (Wildman–Crippen LogP) is 8.00. The minimum Gasteiger partial charge on any atom is -0.354 e. The monoisotopic (exact) mass is 532 g/mol. The minimum absolute atomic E-state index is 0.0900. The first-order valence-corrected chi connectivity index (χ1v) is 13.3. The lowest BCUT2D eigenvalue weighted by molar-refractivity contribution is 0.101. The second kappa shape index (κ2) is 9.84. The van der Waals surface area contributed by atoms with Crippen LogP contribution >= 0.6 is 0 Å². The molecule has 5 heterocycles. The van der Waals surface area contributed by atoms with E-state index in [-0.39, 0.29) is 5.78 Å². The van der Waals surface area contributed by atoms with Gasteiger partial charge in [0.05, 0.1) is 44.9 Å². The van der Waals surface area contributed by atoms with Crippen LogP contribution in [0.4, 0.5) is 0 Å². The fraction of sp³-hybridized carbons (Fsp3) is 0.0286. The van der Waals surface area contributed by atoms with E-state index in [2.05, 4.69) is 9.97 Å². The van der Waals surface area contributed by atoms with E-state index in [1.165, 1.54) is 0 Å². The third-order valence-electron chi connectivity index (χ3n) is 7.39. The van der Waals surface area contributed by atoms with E-state index in [0.717, 1.165) is 45.3 Å². The van der Waals surface area contributed by atoms with Crippen LogP contribution in [0.25, 0.3) is 68.6 Å². The van der Waals surface area contributed by atoms with Gasteiger partial charge >= 0.3 is 0 Å². The molecule has 0 spiro atoms. The Hall–Kier alpha value is -5.62. The number of carbonyl (C=O) groups excluding carboxylic acids is 2. The molecule has 6 nitrogen and oxygen atoms in total. The summed E-state index contributed by atoms with van der Waals surface area (Å²) >= 11 is 0. The number of Topliss-reactive ketones (excluding diaryl/α,β-unsaturated/α-hetero) is 1. The van der Waals surface area contributed by atoms with Crippen LogP contribution in [-0.4, -0.2) is 32.0 Å². The molecule has 0 unspecified atom stereocenters. The van der Waals surface area contributed by atoms with Crippen molar-refractivity contribution in [2.75, 3.05) is 0 Å². The zero-order valence-electron chi connectivity index (χ0n) is 22.2. The molecule has 0 aliphatic carbocycles. The van der Waals surface area contributed by atoms with Crippen LogP contribution in [0.1, 0.15) is 50.4 Å². The number of aromatic nitrogens is 4. The quantitative estimate of drug-likeness (QED) is 0.177. The smallest absolute Gasteiger partial charge is 0.164 e. The number of aldehydes is 1. The van der Waals surface area contributed by atoms with E-state index in [9.17, 15) is 9.59 Å². The van der Waals surface area contributed by atoms with Crippen molar-refractivity contribution in [3.05, 3.63) is 119 Å². The summed E-state index contributed by atoms with van der Waals surface area (Å²) in [6.07, 6.45) is 8.44. The van der Waals surface area contributed by atoms with Crippen molar-refractivity contribution in [2.24, 2.45) is 0 Å². The van der Waals surface area contributed by atoms with Gasteiger partial charge in [0.2, 0.25) is 0 Å². The Kier molecular flexibility index (Phi) is 5.86. The predicted molar refractivity (Wildman–Crippen MR) is 165 cm³/mol. The molecule has 2 N–H and O–H groups in total. The first-order valence-electron chi connectivity index (χ1n) is 13.3. The average Bonchev–Trinajstić information content (AvgIpc) is 3.81. The molecule has 2 aliphatic rings. The summed E-state index contributed by atoms with van der Waals surface area (Å²) in [5.74, 6) is -0.0900. The van der Waals surface area contributed by atoms with Gasteiger partial charge in [-0.2, -0.15) is 0 Å². The van der Waals surface area contributed by atoms with Crippen LogP contribution in [0.5, 0.6) is 0 Å². The van der Waals surface area contributed by atoms with E-state index in [1.807, 2.05) is 109 Å². The standard InChI is InChI=1S/C35H24N4O2/c1-21(41)33-27-16-18-31(38-27)34(22-8-4-2-5-9-22)29-14-12-25(36-29)24(20-40)26-13-15-30(37-26)35(23-10-6-3-7-11-23)32-19-17-28(33)39-32/h2-20,36,39H,1H3. The lowest BCUT2D eigenvalue weighted by atomic mass is 10.0. The van der Waals surface area contributed by atoms with Crippen molar-refractivity contribution in [3.8, 4) is 22.3 Å². The molecule has 3 aromatic heterocycles. The van der Waals surface area contributed by atoms with E-state index < -0.39 is 0 Å². The molecule has 0 saturated carbocycles. The maximum atomic E-state index is 13.1. The van der Waals surface area contributed by atoms with Crippen LogP contribution in [0.3, 0.4) is 0 Å². The Labute approximate surface area is 235 Å². The molecule has 8 bridgehead atoms. The van der Waals surface area contributed by atoms with Gasteiger partial charge in [-0.05, 0) is 66.6 Å². The third kappa shape index (κ3) is 4.22. The van der Waals surface area contributed by atoms with Crippen molar-refractivity contribution in [2.45, 2.75) is 6.92 Å². The fourth-order valence-electron chi connectivity index (χ4n) is 5.54. The molecule has 2 aromatic carbocycles. The van der Waals surface area contributed by atoms with Gasteiger partial charge in [0.15, 0.2) is 12.1 Å². The number of benzene rings is 2. The highest BCUT2D eigenvalue weighted by Gasteiger charge is 2.18. The number of hydrogen-bond donors (Lipinski definition) is 2. The van der Waals surface area contributed by atoms with Gasteiger partial charge in [0.1, 0.15) is 0 Å². The maximum Gasteiger partial charge on any atom is 0.164 e. The topological polar surface area (TPSA) is 91.5 Å². The number of nitrogens with zero attached hydrogens (tertiary/aromatic N) is 2. The Balaban J connectivity index is 1.69. The van der Waals surface area contributed by atoms with Crippen LogP contribution in [0.15, 0.2) is 84.9 Å². The van der Waals surface area contributed by atoms with Gasteiger partial charge in [-0.3, -0.25) is 9.59 Å². The molecule has 7 rings (SSSR count). The molecular formula is C35H24N4O2. The first kappa shape index (κ1) is 24.4. The minimum atomic E-state index is -0.0900. The summed E-state index contributed by atoms with van der Waals surface area (Å²) < 4.78 is 0. The first-order chi connectivity index (χ1) is 20.1. The van der Waals surface area contributed by atoms with Crippen LogP contribution in [-0.2, 0) is 0 Å². The van der Waals surface area contributed by atoms with Crippen molar-refractivity contribution in [1.29, 1.82) is 0 Å². The number of fused-ring (bicyclic) bond motifs is 8. The molecule has 0 radical (unpaired) electrons. The number of rotatable bonds is 4. The molecule has 196 valence electrons. The number of ketones is 1. The Bertz CT molecular complexity index is 2040. The Morgan fingerprint density at radius 3 is 1.61 bits per heavy atom. The largest absolute Gasteiger partial charge is 0.354 e. The highest BCUT2D eigenvalue weighted by molar-refractivity contribution is 6.06. The zero-order chi connectivity index (χ0) is 27.9. The second-order valence-corrected chi connectivity index (χ2v) is 9.95. The molecule has 5 aromatic rings. The van der Waals surface area contributed by atoms with Gasteiger partial charge in [0, 0.05) is 22.2 Å². The zero-order valence-corrected chi connectivity index (χ0v) is 22.2. The van der Waals surface area contributed by atoms with Crippen molar-refractivity contribution in [3.63, 3.8) is 0 Å². The van der Waals surface area contributed by atoms with E-state index in [4.69, 9.17) is 9.97 Å². The summed E-state index contributed by atoms with van der Waals surface area (Å²) in [5, 5.41) is 0. The van der Waals surface area contributed by atoms with Gasteiger partial charge in [-0.15, -0.1) is 0 Å². The highest BCUT2D eigenvalue weighted by Crippen LogP contribution is 2.34. The highest BCUT2D eigenvalue weighted by atomic mass is 16.1. The van der Waals surface area contributed by atoms with Gasteiger partial charge in [0.25, 0.3) is 0 Å². The summed E-state index contributed by atoms with van der Waals surface area (Å²) in [6, 6.07) is 27.6. The van der Waals surface area contributed by atoms with Crippen molar-refractivity contribution in [1.82, 2.24) is 19.9 Å². The molecular weight excluding hydrogens is 508 g/mol. The van der Waals surface area contributed by atoms with Crippen LogP contribution in [0, 0.1) is 0 Å². The van der Waals surface area contributed by atoms with Crippen LogP contribution < -0.4 is 0 Å². The van der Waals surface area contributed by atoms with Crippen molar-refractivity contribution < 1.29 is 9.59 Å². The number of H-pyrrole nitrogens is 2. The Morgan fingerprint density at radius 2 is 1.05 bits per heavy atom. The van der Waals surface area contributed by atoms with Gasteiger partial charge in [-0.25, -0.2) is 9.97 Å². The maximum absolute atomic E-state index is 13.1. The van der Waals surface area contributed by atoms with Crippen LogP contribution in [0.2, 0.25) is 0 Å². The van der Waals surface area contributed by atoms with E-state index in [0.29, 0.717) is 39.2 Å². The lowest BCUT2D eigenvalue weighted by Gasteiger charge is -2.04. The summed E-state index contributed by atoms with van der Waals surface area (Å²) in [5.41, 5.74) is 10.2. The molecule has 2 aliphatic heterocycles. The van der Waals surface area contributed by atoms with Crippen molar-refractivity contribution >= 4 is 58.4 Å². The summed E-state index contributed by atoms with van der Waals surface area (Å²) in [4.78, 5) is 42.3. The third-order valence-corrected chi connectivity index (χ3v) is 7.39. The molecule has 0 saturated heterocycles. The molecule has 41 heavy (non-hydrogen) atoms. The lowest BCUT2D eigenvalue weighted by Crippen LogP contribution is -1.97. The number of carbonyl (C=O) groups is 2. The van der Waals surface area contributed by atoms with E-state index >= 15 is 0 Å². The second-order valence-electron chi connectivity index (χ2n) is 9.95. The molecule has 6 heteroatoms. The normalized spacial score (nSPS) is 12.0. The number of hydrogen-bond acceptors (Lipinski definition) is 4. The average molecular weight is 533 g/mol. The van der Waals surface area contributed by atoms with Gasteiger partial charge < -0.3 is 9.97 Å². The van der Waals surface area contributed by atoms with E-state index in [1.54, 1.807) is 6.92 Å². The Morgan fingerprint density at radius 1 is 0.585 bits per heavy atom. The molecule has 0 fully saturated rings. The number of aromatic amines is 2. The fourth-order valence-corrected chi connectivity index (χ4v) is 5.54. The molecule has 0 atom stereocenters.